The summed E-state index contributed by atoms with van der Waals surface area (Å²) in [6, 6.07) is 1.27. The average Bonchev–Trinajstić information content (AvgIpc) is 2.76. The van der Waals surface area contributed by atoms with Crippen molar-refractivity contribution in [2.75, 3.05) is 23.4 Å². The number of carbonyl (C=O) groups excluding carboxylic acids is 1. The molecule has 2 N–H and O–H groups in total. The molecule has 0 bridgehead atoms. The van der Waals surface area contributed by atoms with Crippen LogP contribution < -0.4 is 10.6 Å². The molecule has 2 rings (SSSR count). The van der Waals surface area contributed by atoms with Crippen molar-refractivity contribution < 1.29 is 13.2 Å². The van der Waals surface area contributed by atoms with Crippen molar-refractivity contribution in [2.24, 2.45) is 5.92 Å². The van der Waals surface area contributed by atoms with Gasteiger partial charge in [-0.1, -0.05) is 13.8 Å². The topological polar surface area (TPSA) is 101 Å². The SMILES string of the molecule is Cc1nc(NCCC(C)C)cc(C(=O)NC2CCS(=O)(=O)C2)n1. The van der Waals surface area contributed by atoms with Gasteiger partial charge in [0.1, 0.15) is 17.3 Å². The molecule has 1 aromatic rings. The van der Waals surface area contributed by atoms with Gasteiger partial charge in [-0.05, 0) is 25.7 Å². The van der Waals surface area contributed by atoms with E-state index in [1.807, 2.05) is 0 Å². The molecular weight excluding hydrogens is 316 g/mol. The van der Waals surface area contributed by atoms with Gasteiger partial charge in [-0.15, -0.1) is 0 Å². The lowest BCUT2D eigenvalue weighted by atomic mass is 10.1. The summed E-state index contributed by atoms with van der Waals surface area (Å²) >= 11 is 0. The van der Waals surface area contributed by atoms with Crippen LogP contribution in [0.25, 0.3) is 0 Å². The Labute approximate surface area is 137 Å². The van der Waals surface area contributed by atoms with Crippen molar-refractivity contribution in [1.82, 2.24) is 15.3 Å². The van der Waals surface area contributed by atoms with E-state index in [1.165, 1.54) is 0 Å². The standard InChI is InChI=1S/C15H24N4O3S/c1-10(2)4-6-16-14-8-13(17-11(3)18-14)15(20)19-12-5-7-23(21,22)9-12/h8,10,12H,4-7,9H2,1-3H3,(H,19,20)(H,16,17,18). The molecule has 128 valence electrons. The van der Waals surface area contributed by atoms with E-state index in [0.29, 0.717) is 24.0 Å². The molecule has 1 aliphatic heterocycles. The van der Waals surface area contributed by atoms with Crippen LogP contribution in [0, 0.1) is 12.8 Å². The lowest BCUT2D eigenvalue weighted by Gasteiger charge is -2.12. The maximum atomic E-state index is 12.3. The summed E-state index contributed by atoms with van der Waals surface area (Å²) in [4.78, 5) is 20.7. The van der Waals surface area contributed by atoms with Crippen LogP contribution in [-0.2, 0) is 9.84 Å². The van der Waals surface area contributed by atoms with E-state index in [1.54, 1.807) is 13.0 Å². The Balaban J connectivity index is 2.01. The van der Waals surface area contributed by atoms with Crippen molar-refractivity contribution in [3.8, 4) is 0 Å². The summed E-state index contributed by atoms with van der Waals surface area (Å²) in [6.07, 6.45) is 1.46. The van der Waals surface area contributed by atoms with E-state index in [9.17, 15) is 13.2 Å². The predicted octanol–water partition coefficient (Wildman–Crippen LogP) is 1.16. The lowest BCUT2D eigenvalue weighted by Crippen LogP contribution is -2.36. The zero-order chi connectivity index (χ0) is 17.0. The minimum Gasteiger partial charge on any atom is -0.370 e. The molecule has 1 amide bonds. The fraction of sp³-hybridized carbons (Fsp3) is 0.667. The number of sulfone groups is 1. The van der Waals surface area contributed by atoms with Crippen LogP contribution in [0.5, 0.6) is 0 Å². The largest absolute Gasteiger partial charge is 0.370 e. The quantitative estimate of drug-likeness (QED) is 0.806. The first-order valence-electron chi connectivity index (χ1n) is 7.86. The maximum absolute atomic E-state index is 12.3. The van der Waals surface area contributed by atoms with Crippen LogP contribution in [0.3, 0.4) is 0 Å². The summed E-state index contributed by atoms with van der Waals surface area (Å²) in [5.74, 6) is 1.47. The van der Waals surface area contributed by atoms with Gasteiger partial charge in [-0.3, -0.25) is 4.79 Å². The third-order valence-electron chi connectivity index (χ3n) is 3.67. The molecule has 1 unspecified atom stereocenters. The van der Waals surface area contributed by atoms with Crippen molar-refractivity contribution >= 4 is 21.6 Å². The fourth-order valence-corrected chi connectivity index (χ4v) is 4.11. The molecule has 1 fully saturated rings. The van der Waals surface area contributed by atoms with Crippen LogP contribution in [0.15, 0.2) is 6.07 Å². The summed E-state index contributed by atoms with van der Waals surface area (Å²) in [7, 11) is -3.02. The summed E-state index contributed by atoms with van der Waals surface area (Å²) in [6.45, 7) is 6.78. The Kier molecular flexibility index (Phi) is 5.56. The Morgan fingerprint density at radius 2 is 2.13 bits per heavy atom. The first-order chi connectivity index (χ1) is 10.7. The molecule has 0 spiro atoms. The number of rotatable bonds is 6. The van der Waals surface area contributed by atoms with E-state index < -0.39 is 9.84 Å². The van der Waals surface area contributed by atoms with E-state index in [0.717, 1.165) is 13.0 Å². The van der Waals surface area contributed by atoms with Gasteiger partial charge >= 0.3 is 0 Å². The molecule has 0 aliphatic carbocycles. The van der Waals surface area contributed by atoms with Crippen LogP contribution in [-0.4, -0.2) is 48.4 Å². The highest BCUT2D eigenvalue weighted by Crippen LogP contribution is 2.13. The molecule has 0 aromatic carbocycles. The highest BCUT2D eigenvalue weighted by molar-refractivity contribution is 7.91. The molecule has 1 saturated heterocycles. The zero-order valence-electron chi connectivity index (χ0n) is 13.8. The third-order valence-corrected chi connectivity index (χ3v) is 5.43. The van der Waals surface area contributed by atoms with Crippen molar-refractivity contribution in [1.29, 1.82) is 0 Å². The number of nitrogens with zero attached hydrogens (tertiary/aromatic N) is 2. The van der Waals surface area contributed by atoms with E-state index >= 15 is 0 Å². The van der Waals surface area contributed by atoms with E-state index in [2.05, 4.69) is 34.4 Å². The second kappa shape index (κ2) is 7.25. The summed E-state index contributed by atoms with van der Waals surface area (Å²) in [5.41, 5.74) is 0.258. The Morgan fingerprint density at radius 3 is 2.74 bits per heavy atom. The van der Waals surface area contributed by atoms with Gasteiger partial charge in [0, 0.05) is 18.7 Å². The second-order valence-electron chi connectivity index (χ2n) is 6.37. The summed E-state index contributed by atoms with van der Waals surface area (Å²) in [5, 5.41) is 5.94. The molecular formula is C15H24N4O3S. The monoisotopic (exact) mass is 340 g/mol. The molecule has 2 heterocycles. The number of aromatic nitrogens is 2. The van der Waals surface area contributed by atoms with Crippen molar-refractivity contribution in [3.63, 3.8) is 0 Å². The Morgan fingerprint density at radius 1 is 1.39 bits per heavy atom. The molecule has 23 heavy (non-hydrogen) atoms. The van der Waals surface area contributed by atoms with Crippen LogP contribution in [0.1, 0.15) is 43.0 Å². The third kappa shape index (κ3) is 5.46. The molecule has 7 nitrogen and oxygen atoms in total. The number of hydrogen-bond acceptors (Lipinski definition) is 6. The number of carbonyl (C=O) groups is 1. The fourth-order valence-electron chi connectivity index (χ4n) is 2.43. The van der Waals surface area contributed by atoms with Gasteiger partial charge in [0.15, 0.2) is 9.84 Å². The number of aryl methyl sites for hydroxylation is 1. The van der Waals surface area contributed by atoms with E-state index in [-0.39, 0.29) is 29.1 Å². The average molecular weight is 340 g/mol. The lowest BCUT2D eigenvalue weighted by molar-refractivity contribution is 0.0935. The van der Waals surface area contributed by atoms with Crippen molar-refractivity contribution in [3.05, 3.63) is 17.6 Å². The zero-order valence-corrected chi connectivity index (χ0v) is 14.6. The van der Waals surface area contributed by atoms with Crippen LogP contribution in [0.4, 0.5) is 5.82 Å². The van der Waals surface area contributed by atoms with Gasteiger partial charge in [-0.2, -0.15) is 0 Å². The van der Waals surface area contributed by atoms with Gasteiger partial charge in [-0.25, -0.2) is 18.4 Å². The smallest absolute Gasteiger partial charge is 0.270 e. The van der Waals surface area contributed by atoms with Crippen molar-refractivity contribution in [2.45, 2.75) is 39.7 Å². The summed E-state index contributed by atoms with van der Waals surface area (Å²) < 4.78 is 22.9. The Hall–Kier alpha value is -1.70. The Bertz CT molecular complexity index is 673. The predicted molar refractivity (Wildman–Crippen MR) is 89.2 cm³/mol. The molecule has 0 radical (unpaired) electrons. The second-order valence-corrected chi connectivity index (χ2v) is 8.60. The molecule has 1 aliphatic rings. The maximum Gasteiger partial charge on any atom is 0.270 e. The molecule has 8 heteroatoms. The highest BCUT2D eigenvalue weighted by atomic mass is 32.2. The number of nitrogens with one attached hydrogen (secondary N) is 2. The van der Waals surface area contributed by atoms with Gasteiger partial charge in [0.05, 0.1) is 11.5 Å². The molecule has 0 saturated carbocycles. The first kappa shape index (κ1) is 17.7. The molecule has 1 aromatic heterocycles. The van der Waals surface area contributed by atoms with E-state index in [4.69, 9.17) is 0 Å². The highest BCUT2D eigenvalue weighted by Gasteiger charge is 2.29. The number of amides is 1. The normalized spacial score (nSPS) is 19.7. The minimum atomic E-state index is -3.02. The van der Waals surface area contributed by atoms with Gasteiger partial charge < -0.3 is 10.6 Å². The van der Waals surface area contributed by atoms with Crippen LogP contribution >= 0.6 is 0 Å². The van der Waals surface area contributed by atoms with Crippen LogP contribution in [0.2, 0.25) is 0 Å². The first-order valence-corrected chi connectivity index (χ1v) is 9.68. The number of anilines is 1. The number of hydrogen-bond donors (Lipinski definition) is 2. The minimum absolute atomic E-state index is 0.00228. The van der Waals surface area contributed by atoms with Gasteiger partial charge in [0.2, 0.25) is 0 Å². The molecule has 1 atom stereocenters. The van der Waals surface area contributed by atoms with Gasteiger partial charge in [0.25, 0.3) is 5.91 Å².